The topological polar surface area (TPSA) is 9.23 Å². The van der Waals surface area contributed by atoms with Crippen LogP contribution in [0.3, 0.4) is 0 Å². The maximum absolute atomic E-state index is 6.32. The van der Waals surface area contributed by atoms with Gasteiger partial charge in [-0.1, -0.05) is 53.7 Å². The van der Waals surface area contributed by atoms with Crippen LogP contribution in [0.15, 0.2) is 12.1 Å². The molecule has 1 nitrogen and oxygen atoms in total. The zero-order valence-electron chi connectivity index (χ0n) is 14.8. The summed E-state index contributed by atoms with van der Waals surface area (Å²) in [5.74, 6) is 2.60. The summed E-state index contributed by atoms with van der Waals surface area (Å²) in [7, 11) is 0. The van der Waals surface area contributed by atoms with Crippen molar-refractivity contribution in [3.63, 3.8) is 0 Å². The number of hydrogen-bond acceptors (Lipinski definition) is 1. The first kappa shape index (κ1) is 17.1. The quantitative estimate of drug-likeness (QED) is 0.633. The van der Waals surface area contributed by atoms with Gasteiger partial charge in [0.05, 0.1) is 0 Å². The van der Waals surface area contributed by atoms with Crippen LogP contribution in [-0.2, 0) is 0 Å². The van der Waals surface area contributed by atoms with Gasteiger partial charge in [-0.3, -0.25) is 0 Å². The highest BCUT2D eigenvalue weighted by Crippen LogP contribution is 2.39. The molecule has 1 heteroatoms. The molecule has 0 N–H and O–H groups in total. The molecule has 0 saturated heterocycles. The Morgan fingerprint density at radius 1 is 0.750 bits per heavy atom. The van der Waals surface area contributed by atoms with E-state index < -0.39 is 0 Å². The molecule has 114 valence electrons. The Morgan fingerprint density at radius 3 is 1.40 bits per heavy atom. The van der Waals surface area contributed by atoms with Crippen LogP contribution in [0.25, 0.3) is 0 Å². The predicted molar refractivity (Wildman–Crippen MR) is 89.1 cm³/mol. The Kier molecular flexibility index (Phi) is 5.29. The highest BCUT2D eigenvalue weighted by molar-refractivity contribution is 5.48. The molecule has 0 heterocycles. The van der Waals surface area contributed by atoms with Gasteiger partial charge in [0.2, 0.25) is 0 Å². The Bertz CT molecular complexity index is 418. The molecule has 0 bridgehead atoms. The van der Waals surface area contributed by atoms with Crippen LogP contribution in [0, 0.1) is 0 Å². The molecule has 1 aromatic carbocycles. The van der Waals surface area contributed by atoms with Crippen molar-refractivity contribution in [2.45, 2.75) is 85.7 Å². The summed E-state index contributed by atoms with van der Waals surface area (Å²) in [6.07, 6.45) is 0. The Morgan fingerprint density at radius 2 is 1.15 bits per heavy atom. The van der Waals surface area contributed by atoms with E-state index >= 15 is 0 Å². The summed E-state index contributed by atoms with van der Waals surface area (Å²) in [6.45, 7) is 19.9. The minimum absolute atomic E-state index is 0.160. The van der Waals surface area contributed by atoms with Crippen LogP contribution < -0.4 is 4.74 Å². The third-order valence-corrected chi connectivity index (χ3v) is 3.49. The normalized spacial score (nSPS) is 12.6. The highest BCUT2D eigenvalue weighted by Gasteiger charge is 2.22. The monoisotopic (exact) mass is 276 g/mol. The summed E-state index contributed by atoms with van der Waals surface area (Å²) in [5, 5.41) is 0. The van der Waals surface area contributed by atoms with Crippen molar-refractivity contribution in [1.29, 1.82) is 0 Å². The zero-order valence-corrected chi connectivity index (χ0v) is 14.8. The standard InChI is InChI=1S/C19H32O/c1-12(2)15-10-16(13(3)4)18(20-19(7,8)9)17(11-15)14(5)6/h10-14H,1-9H3. The number of ether oxygens (including phenoxy) is 1. The van der Waals surface area contributed by atoms with Gasteiger partial charge in [0.25, 0.3) is 0 Å². The largest absolute Gasteiger partial charge is 0.488 e. The van der Waals surface area contributed by atoms with E-state index in [0.29, 0.717) is 17.8 Å². The fraction of sp³-hybridized carbons (Fsp3) is 0.684. The summed E-state index contributed by atoms with van der Waals surface area (Å²) in [6, 6.07) is 4.67. The molecule has 0 saturated carbocycles. The Hall–Kier alpha value is -0.980. The van der Waals surface area contributed by atoms with Crippen molar-refractivity contribution in [1.82, 2.24) is 0 Å². The maximum atomic E-state index is 6.32. The van der Waals surface area contributed by atoms with Crippen molar-refractivity contribution in [3.05, 3.63) is 28.8 Å². The van der Waals surface area contributed by atoms with Crippen LogP contribution in [0.2, 0.25) is 0 Å². The van der Waals surface area contributed by atoms with E-state index in [1.54, 1.807) is 0 Å². The van der Waals surface area contributed by atoms with Gasteiger partial charge in [-0.25, -0.2) is 0 Å². The molecule has 0 atom stereocenters. The molecule has 0 aliphatic rings. The van der Waals surface area contributed by atoms with E-state index in [9.17, 15) is 0 Å². The van der Waals surface area contributed by atoms with Gasteiger partial charge in [0, 0.05) is 0 Å². The smallest absolute Gasteiger partial charge is 0.127 e. The number of rotatable bonds is 4. The molecule has 0 unspecified atom stereocenters. The van der Waals surface area contributed by atoms with Gasteiger partial charge in [0.1, 0.15) is 11.4 Å². The second-order valence-corrected chi connectivity index (χ2v) is 7.71. The minimum Gasteiger partial charge on any atom is -0.488 e. The van der Waals surface area contributed by atoms with Gasteiger partial charge in [-0.15, -0.1) is 0 Å². The second-order valence-electron chi connectivity index (χ2n) is 7.71. The van der Waals surface area contributed by atoms with E-state index in [-0.39, 0.29) is 5.60 Å². The minimum atomic E-state index is -0.160. The van der Waals surface area contributed by atoms with Crippen LogP contribution in [0.5, 0.6) is 5.75 Å². The average molecular weight is 276 g/mol. The van der Waals surface area contributed by atoms with Crippen molar-refractivity contribution >= 4 is 0 Å². The first-order chi connectivity index (χ1) is 9.03. The fourth-order valence-electron chi connectivity index (χ4n) is 2.31. The summed E-state index contributed by atoms with van der Waals surface area (Å²) >= 11 is 0. The van der Waals surface area contributed by atoms with Gasteiger partial charge in [0.15, 0.2) is 0 Å². The highest BCUT2D eigenvalue weighted by atomic mass is 16.5. The molecule has 0 spiro atoms. The lowest BCUT2D eigenvalue weighted by Gasteiger charge is -2.29. The molecular weight excluding hydrogens is 244 g/mol. The van der Waals surface area contributed by atoms with E-state index in [1.807, 2.05) is 0 Å². The summed E-state index contributed by atoms with van der Waals surface area (Å²) in [5.41, 5.74) is 3.94. The third kappa shape index (κ3) is 4.26. The molecule has 0 fully saturated rings. The molecule has 20 heavy (non-hydrogen) atoms. The third-order valence-electron chi connectivity index (χ3n) is 3.49. The lowest BCUT2D eigenvalue weighted by atomic mass is 9.88. The van der Waals surface area contributed by atoms with Gasteiger partial charge in [-0.2, -0.15) is 0 Å². The van der Waals surface area contributed by atoms with E-state index in [4.69, 9.17) is 4.74 Å². The van der Waals surface area contributed by atoms with E-state index in [0.717, 1.165) is 5.75 Å². The van der Waals surface area contributed by atoms with Crippen molar-refractivity contribution in [2.24, 2.45) is 0 Å². The number of hydrogen-bond donors (Lipinski definition) is 0. The lowest BCUT2D eigenvalue weighted by molar-refractivity contribution is 0.127. The summed E-state index contributed by atoms with van der Waals surface area (Å²) in [4.78, 5) is 0. The van der Waals surface area contributed by atoms with E-state index in [2.05, 4.69) is 74.4 Å². The van der Waals surface area contributed by atoms with Gasteiger partial charge >= 0.3 is 0 Å². The molecule has 0 aliphatic carbocycles. The molecule has 0 amide bonds. The van der Waals surface area contributed by atoms with Gasteiger partial charge in [-0.05, 0) is 55.2 Å². The molecule has 1 aromatic rings. The predicted octanol–water partition coefficient (Wildman–Crippen LogP) is 6.23. The molecule has 0 aromatic heterocycles. The van der Waals surface area contributed by atoms with E-state index in [1.165, 1.54) is 16.7 Å². The molecular formula is C19H32O. The van der Waals surface area contributed by atoms with Crippen molar-refractivity contribution < 1.29 is 4.74 Å². The SMILES string of the molecule is CC(C)c1cc(C(C)C)c(OC(C)(C)C)c(C(C)C)c1. The van der Waals surface area contributed by atoms with Crippen LogP contribution in [0.4, 0.5) is 0 Å². The second kappa shape index (κ2) is 6.20. The van der Waals surface area contributed by atoms with Gasteiger partial charge < -0.3 is 4.74 Å². The van der Waals surface area contributed by atoms with Crippen LogP contribution in [-0.4, -0.2) is 5.60 Å². The average Bonchev–Trinajstić information content (AvgIpc) is 2.25. The number of benzene rings is 1. The Labute approximate surface area is 125 Å². The molecule has 1 rings (SSSR count). The zero-order chi connectivity index (χ0) is 15.7. The molecule has 0 radical (unpaired) electrons. The van der Waals surface area contributed by atoms with Crippen LogP contribution >= 0.6 is 0 Å². The fourth-order valence-corrected chi connectivity index (χ4v) is 2.31. The van der Waals surface area contributed by atoms with Crippen LogP contribution in [0.1, 0.15) is 96.8 Å². The first-order valence-electron chi connectivity index (χ1n) is 7.89. The maximum Gasteiger partial charge on any atom is 0.127 e. The Balaban J connectivity index is 3.51. The first-order valence-corrected chi connectivity index (χ1v) is 7.89. The summed E-state index contributed by atoms with van der Waals surface area (Å²) < 4.78 is 6.32. The molecule has 0 aliphatic heterocycles. The van der Waals surface area contributed by atoms with Crippen molar-refractivity contribution in [2.75, 3.05) is 0 Å². The van der Waals surface area contributed by atoms with Crippen molar-refractivity contribution in [3.8, 4) is 5.75 Å². The lowest BCUT2D eigenvalue weighted by Crippen LogP contribution is -2.25.